The Morgan fingerprint density at radius 3 is 2.60 bits per heavy atom. The number of piperazine rings is 1. The fraction of sp³-hybridized carbons (Fsp3) is 0.333. The zero-order valence-corrected chi connectivity index (χ0v) is 10.7. The molecule has 0 saturated carbocycles. The largest absolute Gasteiger partial charge is 0.353 e. The summed E-state index contributed by atoms with van der Waals surface area (Å²) in [5.41, 5.74) is -0.472. The van der Waals surface area contributed by atoms with Crippen LogP contribution in [0.25, 0.3) is 0 Å². The molecule has 2 aromatic heterocycles. The number of aromatic amines is 2. The van der Waals surface area contributed by atoms with Crippen molar-refractivity contribution < 1.29 is 4.79 Å². The van der Waals surface area contributed by atoms with Gasteiger partial charge in [0.1, 0.15) is 5.82 Å². The molecule has 2 aromatic rings. The molecule has 1 saturated heterocycles. The average Bonchev–Trinajstić information content (AvgIpc) is 2.94. The zero-order valence-electron chi connectivity index (χ0n) is 10.7. The maximum Gasteiger partial charge on any atom is 0.341 e. The Morgan fingerprint density at radius 1 is 1.20 bits per heavy atom. The number of anilines is 1. The third-order valence-electron chi connectivity index (χ3n) is 3.24. The number of hydrogen-bond donors (Lipinski definition) is 2. The van der Waals surface area contributed by atoms with Crippen molar-refractivity contribution in [1.29, 1.82) is 0 Å². The van der Waals surface area contributed by atoms with E-state index in [1.165, 1.54) is 0 Å². The lowest BCUT2D eigenvalue weighted by molar-refractivity contribution is 0.0734. The molecule has 8 heteroatoms. The lowest BCUT2D eigenvalue weighted by atomic mass is 10.3. The Labute approximate surface area is 114 Å². The summed E-state index contributed by atoms with van der Waals surface area (Å²) >= 11 is 0. The first kappa shape index (κ1) is 12.4. The van der Waals surface area contributed by atoms with Crippen LogP contribution >= 0.6 is 0 Å². The summed E-state index contributed by atoms with van der Waals surface area (Å²) in [7, 11) is 0. The van der Waals surface area contributed by atoms with E-state index in [9.17, 15) is 9.59 Å². The van der Waals surface area contributed by atoms with Crippen LogP contribution in [-0.2, 0) is 0 Å². The summed E-state index contributed by atoms with van der Waals surface area (Å²) in [5, 5.41) is 5.85. The van der Waals surface area contributed by atoms with Gasteiger partial charge in [0, 0.05) is 32.4 Å². The van der Waals surface area contributed by atoms with E-state index in [2.05, 4.69) is 25.1 Å². The number of rotatable bonds is 2. The van der Waals surface area contributed by atoms with Gasteiger partial charge >= 0.3 is 5.69 Å². The van der Waals surface area contributed by atoms with E-state index in [1.54, 1.807) is 11.1 Å². The number of hydrogen-bond acceptors (Lipinski definition) is 5. The van der Waals surface area contributed by atoms with Crippen LogP contribution in [0.15, 0.2) is 29.2 Å². The highest BCUT2D eigenvalue weighted by Gasteiger charge is 2.24. The third kappa shape index (κ3) is 2.40. The fourth-order valence-corrected chi connectivity index (χ4v) is 2.20. The molecule has 20 heavy (non-hydrogen) atoms. The normalized spacial score (nSPS) is 15.4. The van der Waals surface area contributed by atoms with Crippen LogP contribution in [0.1, 0.15) is 10.6 Å². The smallest absolute Gasteiger partial charge is 0.341 e. The van der Waals surface area contributed by atoms with Crippen LogP contribution in [0.4, 0.5) is 5.82 Å². The van der Waals surface area contributed by atoms with Crippen molar-refractivity contribution in [2.24, 2.45) is 0 Å². The molecule has 1 fully saturated rings. The molecule has 0 aromatic carbocycles. The summed E-state index contributed by atoms with van der Waals surface area (Å²) in [6.45, 7) is 2.56. The van der Waals surface area contributed by atoms with Crippen molar-refractivity contribution in [3.63, 3.8) is 0 Å². The number of carbonyl (C=O) groups is 1. The van der Waals surface area contributed by atoms with Gasteiger partial charge in [0.25, 0.3) is 5.91 Å². The molecule has 1 amide bonds. The second-order valence-corrected chi connectivity index (χ2v) is 4.49. The Balaban J connectivity index is 1.64. The predicted molar refractivity (Wildman–Crippen MR) is 71.6 cm³/mol. The quantitative estimate of drug-likeness (QED) is 0.766. The number of nitrogens with zero attached hydrogens (tertiary/aromatic N) is 4. The predicted octanol–water partition coefficient (Wildman–Crippen LogP) is -0.545. The molecule has 0 atom stereocenters. The first-order valence-electron chi connectivity index (χ1n) is 6.34. The van der Waals surface area contributed by atoms with Gasteiger partial charge in [-0.2, -0.15) is 0 Å². The molecule has 8 nitrogen and oxygen atoms in total. The molecule has 0 aliphatic carbocycles. The molecule has 0 unspecified atom stereocenters. The van der Waals surface area contributed by atoms with Crippen LogP contribution in [0, 0.1) is 0 Å². The highest BCUT2D eigenvalue weighted by Crippen LogP contribution is 2.13. The Bertz CT molecular complexity index is 641. The van der Waals surface area contributed by atoms with Crippen LogP contribution in [0.3, 0.4) is 0 Å². The molecular formula is C12H14N6O2. The number of amides is 1. The van der Waals surface area contributed by atoms with E-state index in [-0.39, 0.29) is 11.7 Å². The standard InChI is InChI=1S/C12H14N6O2/c19-11(10-14-12(20)16-15-10)18-7-5-17(6-8-18)9-3-1-2-4-13-9/h1-4H,5-8H2,(H2,14,15,16,20). The molecule has 1 aliphatic heterocycles. The minimum atomic E-state index is -0.472. The number of H-pyrrole nitrogens is 2. The lowest BCUT2D eigenvalue weighted by Crippen LogP contribution is -2.49. The monoisotopic (exact) mass is 274 g/mol. The molecule has 1 aliphatic rings. The molecule has 0 radical (unpaired) electrons. The topological polar surface area (TPSA) is 98.0 Å². The van der Waals surface area contributed by atoms with Crippen molar-refractivity contribution in [3.05, 3.63) is 40.7 Å². The summed E-state index contributed by atoms with van der Waals surface area (Å²) in [4.78, 5) is 33.5. The minimum absolute atomic E-state index is 0.0567. The van der Waals surface area contributed by atoms with Crippen molar-refractivity contribution >= 4 is 11.7 Å². The van der Waals surface area contributed by atoms with Gasteiger partial charge in [0.15, 0.2) is 0 Å². The lowest BCUT2D eigenvalue weighted by Gasteiger charge is -2.34. The maximum atomic E-state index is 12.1. The van der Waals surface area contributed by atoms with E-state index in [0.717, 1.165) is 5.82 Å². The Kier molecular flexibility index (Phi) is 3.20. The van der Waals surface area contributed by atoms with Crippen LogP contribution in [0.5, 0.6) is 0 Å². The second-order valence-electron chi connectivity index (χ2n) is 4.49. The van der Waals surface area contributed by atoms with Crippen molar-refractivity contribution in [2.75, 3.05) is 31.1 Å². The van der Waals surface area contributed by atoms with Crippen LogP contribution in [-0.4, -0.2) is 57.2 Å². The van der Waals surface area contributed by atoms with Gasteiger partial charge in [-0.05, 0) is 12.1 Å². The minimum Gasteiger partial charge on any atom is -0.353 e. The number of carbonyl (C=O) groups excluding carboxylic acids is 1. The van der Waals surface area contributed by atoms with E-state index < -0.39 is 5.69 Å². The molecule has 0 bridgehead atoms. The van der Waals surface area contributed by atoms with Gasteiger partial charge in [-0.1, -0.05) is 6.07 Å². The summed E-state index contributed by atoms with van der Waals surface area (Å²) in [5.74, 6) is 0.707. The maximum absolute atomic E-state index is 12.1. The number of pyridine rings is 1. The van der Waals surface area contributed by atoms with Gasteiger partial charge < -0.3 is 9.80 Å². The van der Waals surface area contributed by atoms with E-state index in [1.807, 2.05) is 18.2 Å². The van der Waals surface area contributed by atoms with Gasteiger partial charge in [-0.15, -0.1) is 5.10 Å². The van der Waals surface area contributed by atoms with Gasteiger partial charge in [0.05, 0.1) is 0 Å². The fourth-order valence-electron chi connectivity index (χ4n) is 2.20. The van der Waals surface area contributed by atoms with E-state index >= 15 is 0 Å². The highest BCUT2D eigenvalue weighted by atomic mass is 16.2. The second kappa shape index (κ2) is 5.16. The van der Waals surface area contributed by atoms with Gasteiger partial charge in [-0.3, -0.25) is 9.78 Å². The molecule has 2 N–H and O–H groups in total. The third-order valence-corrected chi connectivity index (χ3v) is 3.24. The first-order valence-corrected chi connectivity index (χ1v) is 6.34. The van der Waals surface area contributed by atoms with Gasteiger partial charge in [0.2, 0.25) is 5.82 Å². The van der Waals surface area contributed by atoms with Crippen molar-refractivity contribution in [3.8, 4) is 0 Å². The SMILES string of the molecule is O=C(c1n[nH]c(=O)[nH]1)N1CCN(c2ccccn2)CC1. The summed E-state index contributed by atoms with van der Waals surface area (Å²) < 4.78 is 0. The van der Waals surface area contributed by atoms with Crippen LogP contribution < -0.4 is 10.6 Å². The molecule has 3 heterocycles. The van der Waals surface area contributed by atoms with Crippen molar-refractivity contribution in [2.45, 2.75) is 0 Å². The number of aromatic nitrogens is 4. The number of nitrogens with one attached hydrogen (secondary N) is 2. The molecule has 0 spiro atoms. The Morgan fingerprint density at radius 2 is 2.00 bits per heavy atom. The first-order chi connectivity index (χ1) is 9.74. The molecule has 3 rings (SSSR count). The average molecular weight is 274 g/mol. The van der Waals surface area contributed by atoms with Gasteiger partial charge in [-0.25, -0.2) is 14.9 Å². The Hall–Kier alpha value is -2.64. The highest BCUT2D eigenvalue weighted by molar-refractivity contribution is 5.90. The molecular weight excluding hydrogens is 260 g/mol. The molecule has 104 valence electrons. The summed E-state index contributed by atoms with van der Waals surface area (Å²) in [6, 6.07) is 5.76. The summed E-state index contributed by atoms with van der Waals surface area (Å²) in [6.07, 6.45) is 1.75. The zero-order chi connectivity index (χ0) is 13.9. The van der Waals surface area contributed by atoms with Crippen LogP contribution in [0.2, 0.25) is 0 Å². The van der Waals surface area contributed by atoms with Crippen molar-refractivity contribution in [1.82, 2.24) is 25.1 Å². The van der Waals surface area contributed by atoms with E-state index in [0.29, 0.717) is 26.2 Å². The van der Waals surface area contributed by atoms with E-state index in [4.69, 9.17) is 0 Å².